The minimum absolute atomic E-state index is 0.444. The van der Waals surface area contributed by atoms with Crippen LogP contribution in [0.4, 0.5) is 0 Å². The molecule has 1 aromatic heterocycles. The van der Waals surface area contributed by atoms with Crippen molar-refractivity contribution in [1.82, 2.24) is 9.88 Å². The summed E-state index contributed by atoms with van der Waals surface area (Å²) in [7, 11) is 0. The van der Waals surface area contributed by atoms with Gasteiger partial charge < -0.3 is 9.47 Å². The minimum atomic E-state index is 0.444. The quantitative estimate of drug-likeness (QED) is 0.645. The molecule has 5 heteroatoms. The second-order valence-corrected chi connectivity index (χ2v) is 7.96. The van der Waals surface area contributed by atoms with E-state index in [2.05, 4.69) is 52.3 Å². The molecule has 138 valence electrons. The standard InChI is InChI=1S/C22H22N2O2S/c1-2-19(18-7-8-20-21(14-18)26-12-11-25-20)24(10-1)15-16-3-5-17(6-4-16)22-23-9-13-27-22/h3-9,13-14,19H,1-2,10-12,15H2/t19-/m0/s1. The SMILES string of the molecule is c1csc(-c2ccc(CN3CCC[C@H]3c3ccc4c(c3)OCCO4)cc2)n1. The zero-order valence-electron chi connectivity index (χ0n) is 15.1. The molecule has 0 aliphatic carbocycles. The van der Waals surface area contributed by atoms with Crippen LogP contribution in [0, 0.1) is 0 Å². The highest BCUT2D eigenvalue weighted by atomic mass is 32.1. The average molecular weight is 378 g/mol. The van der Waals surface area contributed by atoms with Gasteiger partial charge >= 0.3 is 0 Å². The first kappa shape index (κ1) is 16.8. The molecule has 5 rings (SSSR count). The Morgan fingerprint density at radius 3 is 2.70 bits per heavy atom. The van der Waals surface area contributed by atoms with Crippen LogP contribution >= 0.6 is 11.3 Å². The largest absolute Gasteiger partial charge is 0.486 e. The highest BCUT2D eigenvalue weighted by Gasteiger charge is 2.27. The van der Waals surface area contributed by atoms with E-state index in [4.69, 9.17) is 9.47 Å². The van der Waals surface area contributed by atoms with Crippen molar-refractivity contribution in [3.63, 3.8) is 0 Å². The summed E-state index contributed by atoms with van der Waals surface area (Å²) in [6, 6.07) is 15.7. The third-order valence-corrected chi connectivity index (χ3v) is 6.16. The normalized spacial score (nSPS) is 19.3. The molecular formula is C22H22N2O2S. The third-order valence-electron chi connectivity index (χ3n) is 5.33. The number of hydrogen-bond acceptors (Lipinski definition) is 5. The lowest BCUT2D eigenvalue weighted by Gasteiger charge is -2.26. The number of hydrogen-bond donors (Lipinski definition) is 0. The first-order valence-electron chi connectivity index (χ1n) is 9.49. The Hall–Kier alpha value is -2.37. The lowest BCUT2D eigenvalue weighted by molar-refractivity contribution is 0.170. The van der Waals surface area contributed by atoms with E-state index in [-0.39, 0.29) is 0 Å². The molecular weight excluding hydrogens is 356 g/mol. The zero-order valence-corrected chi connectivity index (χ0v) is 16.0. The van der Waals surface area contributed by atoms with Crippen LogP contribution in [-0.4, -0.2) is 29.6 Å². The first-order valence-corrected chi connectivity index (χ1v) is 10.4. The van der Waals surface area contributed by atoms with E-state index in [0.717, 1.165) is 29.6 Å². The molecule has 0 radical (unpaired) electrons. The van der Waals surface area contributed by atoms with Gasteiger partial charge in [0.25, 0.3) is 0 Å². The Morgan fingerprint density at radius 2 is 1.89 bits per heavy atom. The first-order chi connectivity index (χ1) is 13.4. The molecule has 2 aromatic carbocycles. The van der Waals surface area contributed by atoms with Crippen LogP contribution in [0.15, 0.2) is 54.0 Å². The molecule has 1 atom stereocenters. The molecule has 2 aliphatic heterocycles. The monoisotopic (exact) mass is 378 g/mol. The van der Waals surface area contributed by atoms with Crippen molar-refractivity contribution in [2.45, 2.75) is 25.4 Å². The van der Waals surface area contributed by atoms with Crippen LogP contribution in [-0.2, 0) is 6.54 Å². The maximum absolute atomic E-state index is 5.78. The number of ether oxygens (including phenoxy) is 2. The molecule has 3 heterocycles. The highest BCUT2D eigenvalue weighted by Crippen LogP contribution is 2.38. The van der Waals surface area contributed by atoms with Crippen molar-refractivity contribution in [2.24, 2.45) is 0 Å². The summed E-state index contributed by atoms with van der Waals surface area (Å²) in [4.78, 5) is 6.97. The van der Waals surface area contributed by atoms with E-state index in [1.54, 1.807) is 11.3 Å². The van der Waals surface area contributed by atoms with Crippen LogP contribution in [0.25, 0.3) is 10.6 Å². The molecule has 3 aromatic rings. The fourth-order valence-corrected chi connectivity index (χ4v) is 4.66. The second-order valence-electron chi connectivity index (χ2n) is 7.07. The Labute approximate surface area is 163 Å². The van der Waals surface area contributed by atoms with Crippen LogP contribution < -0.4 is 9.47 Å². The van der Waals surface area contributed by atoms with Crippen molar-refractivity contribution in [2.75, 3.05) is 19.8 Å². The molecule has 0 spiro atoms. The van der Waals surface area contributed by atoms with Crippen LogP contribution in [0.5, 0.6) is 11.5 Å². The summed E-state index contributed by atoms with van der Waals surface area (Å²) in [5.41, 5.74) is 3.87. The van der Waals surface area contributed by atoms with E-state index in [9.17, 15) is 0 Å². The average Bonchev–Trinajstić information content (AvgIpc) is 3.40. The maximum atomic E-state index is 5.78. The fraction of sp³-hybridized carbons (Fsp3) is 0.318. The fourth-order valence-electron chi connectivity index (χ4n) is 4.01. The van der Waals surface area contributed by atoms with E-state index in [1.165, 1.54) is 29.5 Å². The molecule has 2 aliphatic rings. The van der Waals surface area contributed by atoms with Gasteiger partial charge in [-0.3, -0.25) is 4.90 Å². The van der Waals surface area contributed by atoms with E-state index >= 15 is 0 Å². The summed E-state index contributed by atoms with van der Waals surface area (Å²) >= 11 is 1.68. The molecule has 0 unspecified atom stereocenters. The smallest absolute Gasteiger partial charge is 0.161 e. The summed E-state index contributed by atoms with van der Waals surface area (Å²) in [5.74, 6) is 1.76. The van der Waals surface area contributed by atoms with Gasteiger partial charge in [-0.05, 0) is 42.6 Å². The summed E-state index contributed by atoms with van der Waals surface area (Å²) in [5, 5.41) is 3.10. The Balaban J connectivity index is 1.33. The van der Waals surface area contributed by atoms with Crippen LogP contribution in [0.3, 0.4) is 0 Å². The number of rotatable bonds is 4. The Kier molecular flexibility index (Phi) is 4.56. The Morgan fingerprint density at radius 1 is 1.04 bits per heavy atom. The number of likely N-dealkylation sites (tertiary alicyclic amines) is 1. The van der Waals surface area contributed by atoms with Gasteiger partial charge in [0, 0.05) is 29.7 Å². The van der Waals surface area contributed by atoms with Gasteiger partial charge in [-0.1, -0.05) is 30.3 Å². The Bertz CT molecular complexity index is 909. The van der Waals surface area contributed by atoms with Crippen molar-refractivity contribution < 1.29 is 9.47 Å². The van der Waals surface area contributed by atoms with Gasteiger partial charge in [0.1, 0.15) is 18.2 Å². The van der Waals surface area contributed by atoms with Gasteiger partial charge in [-0.2, -0.15) is 0 Å². The maximum Gasteiger partial charge on any atom is 0.161 e. The van der Waals surface area contributed by atoms with Gasteiger partial charge in [-0.15, -0.1) is 11.3 Å². The number of nitrogens with zero attached hydrogens (tertiary/aromatic N) is 2. The molecule has 0 amide bonds. The molecule has 4 nitrogen and oxygen atoms in total. The molecule has 1 fully saturated rings. The van der Waals surface area contributed by atoms with Gasteiger partial charge in [0.2, 0.25) is 0 Å². The van der Waals surface area contributed by atoms with Crippen molar-refractivity contribution in [3.05, 3.63) is 65.2 Å². The third kappa shape index (κ3) is 3.45. The predicted octanol–water partition coefficient (Wildman–Crippen LogP) is 4.92. The number of aromatic nitrogens is 1. The van der Waals surface area contributed by atoms with Crippen molar-refractivity contribution in [3.8, 4) is 22.1 Å². The number of benzene rings is 2. The second kappa shape index (κ2) is 7.33. The minimum Gasteiger partial charge on any atom is -0.486 e. The lowest BCUT2D eigenvalue weighted by atomic mass is 10.0. The molecule has 1 saturated heterocycles. The van der Waals surface area contributed by atoms with Gasteiger partial charge in [0.05, 0.1) is 0 Å². The summed E-state index contributed by atoms with van der Waals surface area (Å²) < 4.78 is 11.4. The van der Waals surface area contributed by atoms with Crippen molar-refractivity contribution >= 4 is 11.3 Å². The van der Waals surface area contributed by atoms with E-state index in [1.807, 2.05) is 11.6 Å². The topological polar surface area (TPSA) is 34.6 Å². The van der Waals surface area contributed by atoms with Crippen molar-refractivity contribution in [1.29, 1.82) is 0 Å². The molecule has 0 N–H and O–H groups in total. The van der Waals surface area contributed by atoms with Gasteiger partial charge in [-0.25, -0.2) is 4.98 Å². The van der Waals surface area contributed by atoms with Gasteiger partial charge in [0.15, 0.2) is 11.5 Å². The summed E-state index contributed by atoms with van der Waals surface area (Å²) in [6.07, 6.45) is 4.28. The van der Waals surface area contributed by atoms with Crippen LogP contribution in [0.2, 0.25) is 0 Å². The van der Waals surface area contributed by atoms with E-state index in [0.29, 0.717) is 19.3 Å². The van der Waals surface area contributed by atoms with Crippen LogP contribution in [0.1, 0.15) is 30.0 Å². The number of fused-ring (bicyclic) bond motifs is 1. The summed E-state index contributed by atoms with van der Waals surface area (Å²) in [6.45, 7) is 3.37. The highest BCUT2D eigenvalue weighted by molar-refractivity contribution is 7.13. The molecule has 0 bridgehead atoms. The number of thiazole rings is 1. The zero-order chi connectivity index (χ0) is 18.1. The molecule has 0 saturated carbocycles. The lowest BCUT2D eigenvalue weighted by Crippen LogP contribution is -2.23. The predicted molar refractivity (Wildman–Crippen MR) is 107 cm³/mol. The van der Waals surface area contributed by atoms with E-state index < -0.39 is 0 Å². The molecule has 27 heavy (non-hydrogen) atoms.